The first-order valence-electron chi connectivity index (χ1n) is 5.34. The smallest absolute Gasteiger partial charge is 0.223 e. The van der Waals surface area contributed by atoms with Crippen LogP contribution in [0.2, 0.25) is 0 Å². The van der Waals surface area contributed by atoms with Crippen molar-refractivity contribution in [2.75, 3.05) is 0 Å². The van der Waals surface area contributed by atoms with Crippen molar-refractivity contribution in [3.63, 3.8) is 0 Å². The lowest BCUT2D eigenvalue weighted by molar-refractivity contribution is -0.120. The summed E-state index contributed by atoms with van der Waals surface area (Å²) in [5, 5.41) is 2.75. The van der Waals surface area contributed by atoms with E-state index in [9.17, 15) is 4.79 Å². The minimum atomic E-state index is 0.0871. The van der Waals surface area contributed by atoms with Crippen LogP contribution in [-0.4, -0.2) is 5.91 Å². The van der Waals surface area contributed by atoms with E-state index in [1.165, 1.54) is 0 Å². The van der Waals surface area contributed by atoms with Gasteiger partial charge in [0.25, 0.3) is 0 Å². The van der Waals surface area contributed by atoms with Crippen LogP contribution >= 0.6 is 0 Å². The highest BCUT2D eigenvalue weighted by molar-refractivity contribution is 5.77. The Labute approximate surface area is 91.0 Å². The summed E-state index contributed by atoms with van der Waals surface area (Å²) in [5.74, 6) is 0.0871. The molecule has 0 atom stereocenters. The number of benzene rings is 1. The average molecular weight is 203 g/mol. The van der Waals surface area contributed by atoms with Crippen LogP contribution in [0.1, 0.15) is 31.7 Å². The molecule has 0 fully saturated rings. The van der Waals surface area contributed by atoms with Crippen molar-refractivity contribution in [1.29, 1.82) is 0 Å². The van der Waals surface area contributed by atoms with Gasteiger partial charge in [-0.3, -0.25) is 4.79 Å². The first kappa shape index (κ1) is 11.5. The Morgan fingerprint density at radius 3 is 2.73 bits per heavy atom. The van der Waals surface area contributed by atoms with E-state index in [2.05, 4.69) is 12.2 Å². The van der Waals surface area contributed by atoms with Gasteiger partial charge in [0.05, 0.1) is 0 Å². The maximum absolute atomic E-state index is 11.2. The van der Waals surface area contributed by atoms with Crippen LogP contribution in [0.3, 0.4) is 0 Å². The summed E-state index contributed by atoms with van der Waals surface area (Å²) in [7, 11) is 0. The van der Waals surface area contributed by atoms with Gasteiger partial charge in [-0.05, 0) is 18.1 Å². The van der Waals surface area contributed by atoms with Crippen molar-refractivity contribution in [3.8, 4) is 0 Å². The third-order valence-electron chi connectivity index (χ3n) is 2.08. The van der Waals surface area contributed by atoms with Crippen LogP contribution in [0.5, 0.6) is 0 Å². The summed E-state index contributed by atoms with van der Waals surface area (Å²) in [6, 6.07) is 9.90. The molecule has 0 unspecified atom stereocenters. The van der Waals surface area contributed by atoms with E-state index in [1.54, 1.807) is 6.20 Å². The van der Waals surface area contributed by atoms with Crippen molar-refractivity contribution >= 4 is 12.0 Å². The summed E-state index contributed by atoms with van der Waals surface area (Å²) in [4.78, 5) is 11.2. The molecule has 0 aliphatic carbocycles. The zero-order valence-electron chi connectivity index (χ0n) is 9.07. The molecule has 1 aromatic rings. The largest absolute Gasteiger partial charge is 0.333 e. The molecule has 0 aliphatic heterocycles. The number of hydrogen-bond donors (Lipinski definition) is 1. The van der Waals surface area contributed by atoms with E-state index in [-0.39, 0.29) is 5.91 Å². The van der Waals surface area contributed by atoms with Crippen molar-refractivity contribution in [3.05, 3.63) is 42.1 Å². The van der Waals surface area contributed by atoms with Gasteiger partial charge in [-0.15, -0.1) is 0 Å². The summed E-state index contributed by atoms with van der Waals surface area (Å²) in [6.07, 6.45) is 6.20. The summed E-state index contributed by atoms with van der Waals surface area (Å²) in [5.41, 5.74) is 1.09. The maximum Gasteiger partial charge on any atom is 0.223 e. The monoisotopic (exact) mass is 203 g/mol. The van der Waals surface area contributed by atoms with Crippen molar-refractivity contribution in [2.45, 2.75) is 26.2 Å². The molecule has 80 valence electrons. The molecule has 0 spiro atoms. The number of carbonyl (C=O) groups excluding carboxylic acids is 1. The highest BCUT2D eigenvalue weighted by atomic mass is 16.1. The zero-order chi connectivity index (χ0) is 10.9. The maximum atomic E-state index is 11.2. The molecule has 1 aromatic carbocycles. The van der Waals surface area contributed by atoms with E-state index < -0.39 is 0 Å². The van der Waals surface area contributed by atoms with Gasteiger partial charge in [-0.2, -0.15) is 0 Å². The second-order valence-corrected chi connectivity index (χ2v) is 3.42. The molecule has 0 radical (unpaired) electrons. The lowest BCUT2D eigenvalue weighted by Crippen LogP contribution is -2.15. The number of hydrogen-bond acceptors (Lipinski definition) is 1. The van der Waals surface area contributed by atoms with E-state index >= 15 is 0 Å². The Bertz CT molecular complexity index is 317. The number of amides is 1. The lowest BCUT2D eigenvalue weighted by Gasteiger charge is -1.97. The Morgan fingerprint density at radius 1 is 1.33 bits per heavy atom. The average Bonchev–Trinajstić information content (AvgIpc) is 2.28. The predicted molar refractivity (Wildman–Crippen MR) is 63.1 cm³/mol. The van der Waals surface area contributed by atoms with Gasteiger partial charge in [0.15, 0.2) is 0 Å². The van der Waals surface area contributed by atoms with Gasteiger partial charge in [0, 0.05) is 12.6 Å². The molecular weight excluding hydrogens is 186 g/mol. The predicted octanol–water partition coefficient (Wildman–Crippen LogP) is 2.96. The zero-order valence-corrected chi connectivity index (χ0v) is 9.07. The summed E-state index contributed by atoms with van der Waals surface area (Å²) in [6.45, 7) is 2.08. The van der Waals surface area contributed by atoms with Gasteiger partial charge in [-0.25, -0.2) is 0 Å². The fraction of sp³-hybridized carbons (Fsp3) is 0.308. The Balaban J connectivity index is 2.31. The van der Waals surface area contributed by atoms with Crippen LogP contribution in [-0.2, 0) is 4.79 Å². The molecule has 1 amide bonds. The molecule has 0 aromatic heterocycles. The number of nitrogens with one attached hydrogen (secondary N) is 1. The van der Waals surface area contributed by atoms with Crippen LogP contribution in [0.25, 0.3) is 6.08 Å². The van der Waals surface area contributed by atoms with Crippen molar-refractivity contribution in [2.24, 2.45) is 0 Å². The quantitative estimate of drug-likeness (QED) is 0.783. The highest BCUT2D eigenvalue weighted by Gasteiger charge is 1.95. The van der Waals surface area contributed by atoms with Crippen LogP contribution in [0.4, 0.5) is 0 Å². The SMILES string of the molecule is CCCCC(=O)NC=Cc1ccccc1. The molecule has 2 nitrogen and oxygen atoms in total. The standard InChI is InChI=1S/C13H17NO/c1-2-3-9-13(15)14-11-10-12-7-5-4-6-8-12/h4-8,10-11H,2-3,9H2,1H3,(H,14,15). The minimum absolute atomic E-state index is 0.0871. The fourth-order valence-electron chi connectivity index (χ4n) is 1.20. The fourth-order valence-corrected chi connectivity index (χ4v) is 1.20. The molecular formula is C13H17NO. The number of rotatable bonds is 5. The number of carbonyl (C=O) groups is 1. The number of unbranched alkanes of at least 4 members (excludes halogenated alkanes) is 1. The van der Waals surface area contributed by atoms with Crippen molar-refractivity contribution < 1.29 is 4.79 Å². The first-order chi connectivity index (χ1) is 7.33. The van der Waals surface area contributed by atoms with E-state index in [1.807, 2.05) is 36.4 Å². The summed E-state index contributed by atoms with van der Waals surface area (Å²) < 4.78 is 0. The van der Waals surface area contributed by atoms with Gasteiger partial charge < -0.3 is 5.32 Å². The Kier molecular flexibility index (Phi) is 5.23. The summed E-state index contributed by atoms with van der Waals surface area (Å²) >= 11 is 0. The minimum Gasteiger partial charge on any atom is -0.333 e. The van der Waals surface area contributed by atoms with Crippen LogP contribution in [0, 0.1) is 0 Å². The second-order valence-electron chi connectivity index (χ2n) is 3.42. The molecule has 15 heavy (non-hydrogen) atoms. The third-order valence-corrected chi connectivity index (χ3v) is 2.08. The Hall–Kier alpha value is -1.57. The van der Waals surface area contributed by atoms with Gasteiger partial charge >= 0.3 is 0 Å². The highest BCUT2D eigenvalue weighted by Crippen LogP contribution is 2.00. The van der Waals surface area contributed by atoms with Gasteiger partial charge in [0.2, 0.25) is 5.91 Å². The van der Waals surface area contributed by atoms with Crippen LogP contribution < -0.4 is 5.32 Å². The van der Waals surface area contributed by atoms with Crippen LogP contribution in [0.15, 0.2) is 36.5 Å². The third kappa shape index (κ3) is 5.01. The van der Waals surface area contributed by atoms with Gasteiger partial charge in [0.1, 0.15) is 0 Å². The van der Waals surface area contributed by atoms with E-state index in [4.69, 9.17) is 0 Å². The molecule has 2 heteroatoms. The molecule has 0 heterocycles. The normalized spacial score (nSPS) is 10.5. The molecule has 0 aliphatic rings. The molecule has 1 N–H and O–H groups in total. The Morgan fingerprint density at radius 2 is 2.07 bits per heavy atom. The van der Waals surface area contributed by atoms with E-state index in [0.717, 1.165) is 18.4 Å². The molecule has 1 rings (SSSR count). The molecule has 0 saturated carbocycles. The topological polar surface area (TPSA) is 29.1 Å². The molecule has 0 saturated heterocycles. The van der Waals surface area contributed by atoms with E-state index in [0.29, 0.717) is 6.42 Å². The van der Waals surface area contributed by atoms with Gasteiger partial charge in [-0.1, -0.05) is 43.7 Å². The second kappa shape index (κ2) is 6.82. The van der Waals surface area contributed by atoms with Crippen molar-refractivity contribution in [1.82, 2.24) is 5.32 Å². The lowest BCUT2D eigenvalue weighted by atomic mass is 10.2. The first-order valence-corrected chi connectivity index (χ1v) is 5.34. The molecule has 0 bridgehead atoms.